The Hall–Kier alpha value is -2.32. The molecule has 0 N–H and O–H groups in total. The molecular weight excluding hydrogens is 325 g/mol. The molecule has 2 heteroatoms. The Kier molecular flexibility index (Phi) is 6.30. The number of hydrogen-bond donors (Lipinski definition) is 0. The van der Waals surface area contributed by atoms with Crippen molar-refractivity contribution in [3.63, 3.8) is 0 Å². The Balaban J connectivity index is 0.00000196. The number of rotatable bonds is 4. The van der Waals surface area contributed by atoms with Crippen LogP contribution in [0.2, 0.25) is 0 Å². The van der Waals surface area contributed by atoms with Crippen LogP contribution in [0.15, 0.2) is 109 Å². The first-order valence-corrected chi connectivity index (χ1v) is 8.41. The molecule has 26 heavy (non-hydrogen) atoms. The second-order valence-corrected chi connectivity index (χ2v) is 5.94. The van der Waals surface area contributed by atoms with E-state index in [4.69, 9.17) is 5.32 Å². The fourth-order valence-corrected chi connectivity index (χ4v) is 2.87. The molecule has 0 atom stereocenters. The Morgan fingerprint density at radius 2 is 0.654 bits per heavy atom. The normalized spacial score (nSPS) is 10.0. The summed E-state index contributed by atoms with van der Waals surface area (Å²) in [4.78, 5) is 0. The summed E-state index contributed by atoms with van der Waals surface area (Å²) in [7, 11) is 0. The van der Waals surface area contributed by atoms with Crippen molar-refractivity contribution in [3.05, 3.63) is 115 Å². The molecule has 4 aromatic rings. The van der Waals surface area contributed by atoms with Crippen LogP contribution in [-0.2, 0) is 0 Å². The first-order chi connectivity index (χ1) is 12.4. The number of benzene rings is 4. The first-order valence-electron chi connectivity index (χ1n) is 8.41. The zero-order chi connectivity index (χ0) is 16.9. The van der Waals surface area contributed by atoms with E-state index in [1.165, 1.54) is 22.3 Å². The second kappa shape index (κ2) is 8.86. The van der Waals surface area contributed by atoms with E-state index in [0.29, 0.717) is 0 Å². The van der Waals surface area contributed by atoms with Crippen LogP contribution in [0.25, 0.3) is 27.6 Å². The van der Waals surface area contributed by atoms with Crippen LogP contribution in [-0.4, -0.2) is 0 Å². The van der Waals surface area contributed by atoms with Crippen molar-refractivity contribution in [2.45, 2.75) is 0 Å². The minimum absolute atomic E-state index is 0. The van der Waals surface area contributed by atoms with Crippen molar-refractivity contribution in [1.29, 1.82) is 0 Å². The van der Waals surface area contributed by atoms with Crippen LogP contribution in [0, 0.1) is 0 Å². The van der Waals surface area contributed by atoms with Gasteiger partial charge in [-0.15, -0.1) is 11.4 Å². The molecule has 0 bridgehead atoms. The van der Waals surface area contributed by atoms with Gasteiger partial charge in [0.05, 0.1) is 0 Å². The molecule has 0 radical (unpaired) electrons. The minimum Gasteiger partial charge on any atom is -0.658 e. The molecule has 0 unspecified atom stereocenters. The Labute approximate surface area is 177 Å². The molecule has 0 aromatic heterocycles. The van der Waals surface area contributed by atoms with Crippen LogP contribution in [0.4, 0.5) is 11.4 Å². The zero-order valence-electron chi connectivity index (χ0n) is 14.8. The quantitative estimate of drug-likeness (QED) is 0.489. The average Bonchev–Trinajstić information content (AvgIpc) is 2.71. The molecule has 0 saturated carbocycles. The molecule has 1 nitrogen and oxygen atoms in total. The molecule has 0 fully saturated rings. The SMILES string of the molecule is [Na+].c1ccc(-c2ccc([N-]c3ccc(-c4ccccc4)cc3)cc2)cc1. The molecular formula is C24H18NNa. The Morgan fingerprint density at radius 1 is 0.346 bits per heavy atom. The van der Waals surface area contributed by atoms with Gasteiger partial charge in [-0.2, -0.15) is 0 Å². The maximum Gasteiger partial charge on any atom is 1.00 e. The fraction of sp³-hybridized carbons (Fsp3) is 0. The maximum absolute atomic E-state index is 4.71. The summed E-state index contributed by atoms with van der Waals surface area (Å²) in [5, 5.41) is 4.71. The summed E-state index contributed by atoms with van der Waals surface area (Å²) in [6, 6.07) is 37.5. The zero-order valence-corrected chi connectivity index (χ0v) is 16.8. The van der Waals surface area contributed by atoms with Crippen LogP contribution in [0.1, 0.15) is 0 Å². The molecule has 0 aliphatic heterocycles. The van der Waals surface area contributed by atoms with Crippen molar-refractivity contribution in [2.24, 2.45) is 0 Å². The third-order valence-corrected chi connectivity index (χ3v) is 4.21. The minimum atomic E-state index is 0. The molecule has 0 saturated heterocycles. The summed E-state index contributed by atoms with van der Waals surface area (Å²) in [6.45, 7) is 0. The third kappa shape index (κ3) is 4.44. The van der Waals surface area contributed by atoms with Crippen LogP contribution >= 0.6 is 0 Å². The van der Waals surface area contributed by atoms with Gasteiger partial charge in [-0.3, -0.25) is 0 Å². The van der Waals surface area contributed by atoms with E-state index in [1.54, 1.807) is 0 Å². The second-order valence-electron chi connectivity index (χ2n) is 5.94. The average molecular weight is 343 g/mol. The number of nitrogens with zero attached hydrogens (tertiary/aromatic N) is 1. The van der Waals surface area contributed by atoms with Crippen molar-refractivity contribution in [1.82, 2.24) is 0 Å². The van der Waals surface area contributed by atoms with Gasteiger partial charge in [0.15, 0.2) is 0 Å². The van der Waals surface area contributed by atoms with Crippen molar-refractivity contribution < 1.29 is 29.6 Å². The largest absolute Gasteiger partial charge is 1.00 e. The van der Waals surface area contributed by atoms with Gasteiger partial charge >= 0.3 is 29.6 Å². The third-order valence-electron chi connectivity index (χ3n) is 4.21. The predicted molar refractivity (Wildman–Crippen MR) is 106 cm³/mol. The van der Waals surface area contributed by atoms with Crippen molar-refractivity contribution in [3.8, 4) is 22.3 Å². The molecule has 4 aromatic carbocycles. The maximum atomic E-state index is 4.71. The molecule has 0 amide bonds. The van der Waals surface area contributed by atoms with Crippen molar-refractivity contribution >= 4 is 11.4 Å². The van der Waals surface area contributed by atoms with Gasteiger partial charge in [0.25, 0.3) is 0 Å². The van der Waals surface area contributed by atoms with Gasteiger partial charge in [0, 0.05) is 0 Å². The van der Waals surface area contributed by atoms with Crippen molar-refractivity contribution in [2.75, 3.05) is 0 Å². The van der Waals surface area contributed by atoms with Crippen LogP contribution in [0.3, 0.4) is 0 Å². The molecule has 4 rings (SSSR count). The summed E-state index contributed by atoms with van der Waals surface area (Å²) in [6.07, 6.45) is 0. The van der Waals surface area contributed by atoms with Gasteiger partial charge in [-0.25, -0.2) is 0 Å². The van der Waals surface area contributed by atoms with Gasteiger partial charge < -0.3 is 5.32 Å². The van der Waals surface area contributed by atoms with E-state index < -0.39 is 0 Å². The van der Waals surface area contributed by atoms with Gasteiger partial charge in [-0.05, 0) is 22.3 Å². The fourth-order valence-electron chi connectivity index (χ4n) is 2.87. The van der Waals surface area contributed by atoms with Gasteiger partial charge in [-0.1, -0.05) is 109 Å². The molecule has 0 spiro atoms. The van der Waals surface area contributed by atoms with Gasteiger partial charge in [0.1, 0.15) is 0 Å². The number of hydrogen-bond acceptors (Lipinski definition) is 0. The summed E-state index contributed by atoms with van der Waals surface area (Å²) in [5.41, 5.74) is 6.79. The molecule has 0 aliphatic carbocycles. The Morgan fingerprint density at radius 3 is 1.00 bits per heavy atom. The first kappa shape index (κ1) is 18.5. The Bertz CT molecular complexity index is 850. The summed E-state index contributed by atoms with van der Waals surface area (Å²) >= 11 is 0. The van der Waals surface area contributed by atoms with E-state index in [2.05, 4.69) is 97.1 Å². The summed E-state index contributed by atoms with van der Waals surface area (Å²) < 4.78 is 0. The molecule has 0 heterocycles. The smallest absolute Gasteiger partial charge is 0.658 e. The van der Waals surface area contributed by atoms with E-state index in [0.717, 1.165) is 11.4 Å². The van der Waals surface area contributed by atoms with E-state index in [-0.39, 0.29) is 29.6 Å². The van der Waals surface area contributed by atoms with E-state index >= 15 is 0 Å². The van der Waals surface area contributed by atoms with E-state index in [1.807, 2.05) is 12.1 Å². The van der Waals surface area contributed by atoms with Crippen LogP contribution in [0.5, 0.6) is 0 Å². The molecule has 120 valence electrons. The summed E-state index contributed by atoms with van der Waals surface area (Å²) in [5.74, 6) is 0. The monoisotopic (exact) mass is 343 g/mol. The standard InChI is InChI=1S/C24H18N.Na/c1-3-7-19(8-4-1)21-11-15-23(16-12-21)25-24-17-13-22(14-18-24)20-9-5-2-6-10-20;/h1-18H;/q-1;+1. The topological polar surface area (TPSA) is 14.1 Å². The molecule has 0 aliphatic rings. The van der Waals surface area contributed by atoms with Crippen LogP contribution < -0.4 is 29.6 Å². The van der Waals surface area contributed by atoms with E-state index in [9.17, 15) is 0 Å². The van der Waals surface area contributed by atoms with Gasteiger partial charge in [0.2, 0.25) is 0 Å². The predicted octanol–water partition coefficient (Wildman–Crippen LogP) is 4.36.